The van der Waals surface area contributed by atoms with Crippen molar-refractivity contribution >= 4 is 23.1 Å². The first-order valence-electron chi connectivity index (χ1n) is 9.70. The van der Waals surface area contributed by atoms with Crippen LogP contribution in [-0.2, 0) is 9.59 Å². The molecule has 1 atom stereocenters. The van der Waals surface area contributed by atoms with Gasteiger partial charge < -0.3 is 14.6 Å². The predicted molar refractivity (Wildman–Crippen MR) is 117 cm³/mol. The predicted octanol–water partition coefficient (Wildman–Crippen LogP) is 4.33. The summed E-state index contributed by atoms with van der Waals surface area (Å²) in [5.74, 6) is -0.598. The van der Waals surface area contributed by atoms with E-state index in [1.807, 2.05) is 6.07 Å². The number of para-hydroxylation sites is 2. The topological polar surface area (TPSA) is 76.1 Å². The van der Waals surface area contributed by atoms with Crippen molar-refractivity contribution in [3.8, 4) is 11.5 Å². The molecule has 3 aromatic rings. The highest BCUT2D eigenvalue weighted by molar-refractivity contribution is 6.51. The highest BCUT2D eigenvalue weighted by Gasteiger charge is 2.47. The van der Waals surface area contributed by atoms with Gasteiger partial charge in [-0.2, -0.15) is 0 Å². The van der Waals surface area contributed by atoms with Crippen molar-refractivity contribution in [3.05, 3.63) is 95.6 Å². The zero-order valence-electron chi connectivity index (χ0n) is 17.1. The van der Waals surface area contributed by atoms with Crippen molar-refractivity contribution in [3.63, 3.8) is 0 Å². The van der Waals surface area contributed by atoms with Gasteiger partial charge in [0.15, 0.2) is 0 Å². The Balaban J connectivity index is 1.95. The van der Waals surface area contributed by atoms with E-state index in [0.29, 0.717) is 28.3 Å². The number of amides is 1. The number of Topliss-reactive ketones (excluding diaryl/α,β-unsaturated/α-hetero) is 1. The van der Waals surface area contributed by atoms with Gasteiger partial charge in [0.2, 0.25) is 0 Å². The van der Waals surface area contributed by atoms with Gasteiger partial charge in [0.1, 0.15) is 17.3 Å². The van der Waals surface area contributed by atoms with Crippen LogP contribution in [0.3, 0.4) is 0 Å². The number of ketones is 1. The minimum atomic E-state index is -0.847. The maximum atomic E-state index is 13.1. The second-order valence-corrected chi connectivity index (χ2v) is 6.98. The summed E-state index contributed by atoms with van der Waals surface area (Å²) in [6.45, 7) is 0. The first kappa shape index (κ1) is 20.2. The molecule has 0 saturated carbocycles. The lowest BCUT2D eigenvalue weighted by Crippen LogP contribution is -2.29. The number of carbonyl (C=O) groups is 2. The molecule has 0 radical (unpaired) electrons. The molecule has 1 N–H and O–H groups in total. The highest BCUT2D eigenvalue weighted by atomic mass is 16.5. The van der Waals surface area contributed by atoms with Crippen molar-refractivity contribution in [2.75, 3.05) is 19.1 Å². The Bertz CT molecular complexity index is 1150. The number of carbonyl (C=O) groups excluding carboxylic acids is 2. The number of hydrogen-bond donors (Lipinski definition) is 1. The number of hydrogen-bond acceptors (Lipinski definition) is 5. The van der Waals surface area contributed by atoms with Gasteiger partial charge in [0.25, 0.3) is 11.7 Å². The minimum Gasteiger partial charge on any atom is -0.507 e. The molecule has 0 bridgehead atoms. The molecule has 4 rings (SSSR count). The second kappa shape index (κ2) is 8.36. The van der Waals surface area contributed by atoms with Gasteiger partial charge in [0.05, 0.1) is 25.8 Å². The number of anilines is 1. The average molecular weight is 415 g/mol. The van der Waals surface area contributed by atoms with Crippen molar-refractivity contribution in [2.45, 2.75) is 6.04 Å². The first-order valence-corrected chi connectivity index (χ1v) is 9.70. The number of ether oxygens (including phenoxy) is 2. The number of methoxy groups -OCH3 is 2. The molecule has 3 aromatic carbocycles. The van der Waals surface area contributed by atoms with Crippen LogP contribution in [0.4, 0.5) is 5.69 Å². The lowest BCUT2D eigenvalue weighted by molar-refractivity contribution is -0.132. The smallest absolute Gasteiger partial charge is 0.300 e. The van der Waals surface area contributed by atoms with Crippen LogP contribution < -0.4 is 14.4 Å². The van der Waals surface area contributed by atoms with Gasteiger partial charge in [-0.1, -0.05) is 36.4 Å². The van der Waals surface area contributed by atoms with E-state index in [0.717, 1.165) is 0 Å². The van der Waals surface area contributed by atoms with E-state index < -0.39 is 17.7 Å². The maximum absolute atomic E-state index is 13.1. The fourth-order valence-electron chi connectivity index (χ4n) is 3.78. The molecule has 1 aliphatic heterocycles. The summed E-state index contributed by atoms with van der Waals surface area (Å²) >= 11 is 0. The summed E-state index contributed by atoms with van der Waals surface area (Å²) in [6.07, 6.45) is 0. The van der Waals surface area contributed by atoms with Crippen LogP contribution in [0, 0.1) is 0 Å². The van der Waals surface area contributed by atoms with E-state index >= 15 is 0 Å². The molecule has 1 amide bonds. The van der Waals surface area contributed by atoms with Crippen LogP contribution in [0.2, 0.25) is 0 Å². The van der Waals surface area contributed by atoms with Crippen molar-refractivity contribution in [1.82, 2.24) is 0 Å². The Morgan fingerprint density at radius 3 is 2.13 bits per heavy atom. The highest BCUT2D eigenvalue weighted by Crippen LogP contribution is 2.44. The van der Waals surface area contributed by atoms with Crippen LogP contribution in [0.15, 0.2) is 84.4 Å². The Hall–Kier alpha value is -4.06. The number of aliphatic hydroxyl groups is 1. The second-order valence-electron chi connectivity index (χ2n) is 6.98. The van der Waals surface area contributed by atoms with E-state index in [9.17, 15) is 14.7 Å². The van der Waals surface area contributed by atoms with Crippen molar-refractivity contribution < 1.29 is 24.2 Å². The standard InChI is InChI=1S/C25H21NO5/c1-30-18-14-12-16(13-15-18)23(27)21-22(19-10-6-7-11-20(19)31-2)26(25(29)24(21)28)17-8-4-3-5-9-17/h3-15,22,27H,1-2H3/b23-21-. The van der Waals surface area contributed by atoms with Crippen LogP contribution in [0.25, 0.3) is 5.76 Å². The molecular weight excluding hydrogens is 394 g/mol. The number of rotatable bonds is 5. The van der Waals surface area contributed by atoms with E-state index in [2.05, 4.69) is 0 Å². The third-order valence-corrected chi connectivity index (χ3v) is 5.28. The molecule has 0 spiro atoms. The maximum Gasteiger partial charge on any atom is 0.300 e. The summed E-state index contributed by atoms with van der Waals surface area (Å²) in [6, 6.07) is 21.9. The van der Waals surface area contributed by atoms with Crippen molar-refractivity contribution in [2.24, 2.45) is 0 Å². The van der Waals surface area contributed by atoms with E-state index in [1.54, 1.807) is 79.9 Å². The van der Waals surface area contributed by atoms with Crippen LogP contribution in [0.1, 0.15) is 17.2 Å². The van der Waals surface area contributed by atoms with Gasteiger partial charge in [-0.25, -0.2) is 0 Å². The van der Waals surface area contributed by atoms with Crippen LogP contribution in [0.5, 0.6) is 11.5 Å². The minimum absolute atomic E-state index is 0.00326. The van der Waals surface area contributed by atoms with Gasteiger partial charge in [-0.05, 0) is 42.5 Å². The molecule has 1 aliphatic rings. The summed E-state index contributed by atoms with van der Waals surface area (Å²) in [5, 5.41) is 11.1. The lowest BCUT2D eigenvalue weighted by Gasteiger charge is -2.26. The largest absolute Gasteiger partial charge is 0.507 e. The average Bonchev–Trinajstić information content (AvgIpc) is 3.09. The third-order valence-electron chi connectivity index (χ3n) is 5.28. The molecule has 31 heavy (non-hydrogen) atoms. The zero-order valence-corrected chi connectivity index (χ0v) is 17.1. The Morgan fingerprint density at radius 2 is 1.48 bits per heavy atom. The quantitative estimate of drug-likeness (QED) is 0.381. The molecule has 6 nitrogen and oxygen atoms in total. The molecule has 156 valence electrons. The Kier molecular flexibility index (Phi) is 5.45. The van der Waals surface area contributed by atoms with Gasteiger partial charge >= 0.3 is 0 Å². The zero-order chi connectivity index (χ0) is 22.0. The number of nitrogens with zero attached hydrogens (tertiary/aromatic N) is 1. The van der Waals surface area contributed by atoms with E-state index in [4.69, 9.17) is 9.47 Å². The number of aliphatic hydroxyl groups excluding tert-OH is 1. The van der Waals surface area contributed by atoms with Gasteiger partial charge in [-0.15, -0.1) is 0 Å². The van der Waals surface area contributed by atoms with Crippen molar-refractivity contribution in [1.29, 1.82) is 0 Å². The molecule has 1 heterocycles. The fraction of sp³-hybridized carbons (Fsp3) is 0.120. The summed E-state index contributed by atoms with van der Waals surface area (Å²) in [5.41, 5.74) is 1.56. The third kappa shape index (κ3) is 3.53. The van der Waals surface area contributed by atoms with Crippen LogP contribution in [-0.4, -0.2) is 31.0 Å². The SMILES string of the molecule is COc1ccc(/C(O)=C2/C(=O)C(=O)N(c3ccccc3)C2c2ccccc2OC)cc1. The Morgan fingerprint density at radius 1 is 0.839 bits per heavy atom. The Labute approximate surface area is 180 Å². The normalized spacial score (nSPS) is 17.6. The van der Waals surface area contributed by atoms with E-state index in [-0.39, 0.29) is 11.3 Å². The monoisotopic (exact) mass is 415 g/mol. The van der Waals surface area contributed by atoms with Gasteiger partial charge in [0, 0.05) is 16.8 Å². The molecule has 1 fully saturated rings. The molecule has 1 unspecified atom stereocenters. The first-order chi connectivity index (χ1) is 15.1. The number of benzene rings is 3. The molecular formula is C25H21NO5. The molecule has 0 aromatic heterocycles. The molecule has 0 aliphatic carbocycles. The van der Waals surface area contributed by atoms with Crippen LogP contribution >= 0.6 is 0 Å². The summed E-state index contributed by atoms with van der Waals surface area (Å²) in [4.78, 5) is 27.6. The van der Waals surface area contributed by atoms with Gasteiger partial charge in [-0.3, -0.25) is 14.5 Å². The molecule has 1 saturated heterocycles. The summed E-state index contributed by atoms with van der Waals surface area (Å²) < 4.78 is 10.7. The van der Waals surface area contributed by atoms with E-state index in [1.165, 1.54) is 12.0 Å². The lowest BCUT2D eigenvalue weighted by atomic mass is 9.94. The molecule has 6 heteroatoms. The summed E-state index contributed by atoms with van der Waals surface area (Å²) in [7, 11) is 3.07. The fourth-order valence-corrected chi connectivity index (χ4v) is 3.78.